The molecule has 1 N–H and O–H groups in total. The number of carbonyl (C=O) groups excluding carboxylic acids is 1. The largest absolute Gasteiger partial charge is 0.368 e. The molecule has 0 atom stereocenters. The van der Waals surface area contributed by atoms with Gasteiger partial charge in [-0.25, -0.2) is 4.98 Å². The number of imidazole rings is 1. The van der Waals surface area contributed by atoms with Crippen molar-refractivity contribution in [2.75, 3.05) is 44.2 Å². The van der Waals surface area contributed by atoms with E-state index in [-0.39, 0.29) is 5.91 Å². The lowest BCUT2D eigenvalue weighted by Crippen LogP contribution is -2.47. The highest BCUT2D eigenvalue weighted by Crippen LogP contribution is 2.32. The average Bonchev–Trinajstić information content (AvgIpc) is 3.29. The number of piperazine rings is 1. The van der Waals surface area contributed by atoms with Gasteiger partial charge in [0.15, 0.2) is 0 Å². The Kier molecular flexibility index (Phi) is 8.48. The smallest absolute Gasteiger partial charge is 0.271 e. The van der Waals surface area contributed by atoms with Crippen LogP contribution in [-0.2, 0) is 6.42 Å². The zero-order valence-electron chi connectivity index (χ0n) is 19.5. The summed E-state index contributed by atoms with van der Waals surface area (Å²) in [5.41, 5.74) is 2.49. The molecule has 2 heterocycles. The molecule has 1 aliphatic heterocycles. The van der Waals surface area contributed by atoms with Crippen LogP contribution in [-0.4, -0.2) is 59.6 Å². The molecule has 1 fully saturated rings. The Morgan fingerprint density at radius 2 is 1.79 bits per heavy atom. The molecule has 3 aromatic rings. The maximum atomic E-state index is 12.7. The molecule has 1 amide bonds. The second-order valence-electron chi connectivity index (χ2n) is 8.51. The van der Waals surface area contributed by atoms with Gasteiger partial charge < -0.3 is 14.8 Å². The zero-order valence-corrected chi connectivity index (χ0v) is 21.0. The highest BCUT2D eigenvalue weighted by Gasteiger charge is 2.20. The highest BCUT2D eigenvalue weighted by molar-refractivity contribution is 6.43. The Balaban J connectivity index is 1.24. The molecule has 8 heteroatoms. The third kappa shape index (κ3) is 5.93. The zero-order chi connectivity index (χ0) is 23.9. The van der Waals surface area contributed by atoms with Gasteiger partial charge in [-0.3, -0.25) is 9.69 Å². The standard InChI is InChI=1S/C26H31Cl2N5O/c1-2-8-24-30-22(19-33(24)20-9-4-3-5-10-20)26(34)29-13-7-14-31-15-17-32(18-16-31)23-12-6-11-21(27)25(23)28/h3-6,9-12,19H,2,7-8,13-18H2,1H3,(H,29,34). The van der Waals surface area contributed by atoms with Crippen molar-refractivity contribution in [3.8, 4) is 5.69 Å². The van der Waals surface area contributed by atoms with Crippen LogP contribution in [0, 0.1) is 0 Å². The summed E-state index contributed by atoms with van der Waals surface area (Å²) in [5.74, 6) is 0.795. The molecule has 0 unspecified atom stereocenters. The van der Waals surface area contributed by atoms with Crippen LogP contribution >= 0.6 is 23.2 Å². The van der Waals surface area contributed by atoms with Gasteiger partial charge in [0.05, 0.1) is 15.7 Å². The summed E-state index contributed by atoms with van der Waals surface area (Å²) in [5, 5.41) is 4.25. The number of nitrogens with zero attached hydrogens (tertiary/aromatic N) is 4. The van der Waals surface area contributed by atoms with Crippen molar-refractivity contribution >= 4 is 34.8 Å². The van der Waals surface area contributed by atoms with Crippen LogP contribution in [0.4, 0.5) is 5.69 Å². The number of benzene rings is 2. The highest BCUT2D eigenvalue weighted by atomic mass is 35.5. The number of halogens is 2. The number of aromatic nitrogens is 2. The molecule has 0 saturated carbocycles. The molecule has 1 aliphatic rings. The van der Waals surface area contributed by atoms with E-state index in [4.69, 9.17) is 23.2 Å². The quantitative estimate of drug-likeness (QED) is 0.417. The first-order valence-corrected chi connectivity index (χ1v) is 12.7. The van der Waals surface area contributed by atoms with E-state index in [0.717, 1.165) is 69.2 Å². The number of aryl methyl sites for hydroxylation is 1. The Bertz CT molecular complexity index is 1090. The first-order chi connectivity index (χ1) is 16.6. The van der Waals surface area contributed by atoms with E-state index in [9.17, 15) is 4.79 Å². The van der Waals surface area contributed by atoms with Gasteiger partial charge in [-0.1, -0.05) is 54.4 Å². The van der Waals surface area contributed by atoms with Crippen molar-refractivity contribution in [1.29, 1.82) is 0 Å². The number of hydrogen-bond donors (Lipinski definition) is 1. The maximum absolute atomic E-state index is 12.7. The summed E-state index contributed by atoms with van der Waals surface area (Å²) >= 11 is 12.5. The summed E-state index contributed by atoms with van der Waals surface area (Å²) in [6.45, 7) is 7.41. The van der Waals surface area contributed by atoms with E-state index < -0.39 is 0 Å². The van der Waals surface area contributed by atoms with Gasteiger partial charge in [-0.2, -0.15) is 0 Å². The molecule has 1 saturated heterocycles. The van der Waals surface area contributed by atoms with Gasteiger partial charge >= 0.3 is 0 Å². The predicted molar refractivity (Wildman–Crippen MR) is 140 cm³/mol. The molecule has 0 aliphatic carbocycles. The molecule has 180 valence electrons. The summed E-state index contributed by atoms with van der Waals surface area (Å²) in [6, 6.07) is 15.8. The summed E-state index contributed by atoms with van der Waals surface area (Å²) in [6.07, 6.45) is 4.54. The lowest BCUT2D eigenvalue weighted by atomic mass is 10.2. The molecule has 4 rings (SSSR count). The average molecular weight is 500 g/mol. The fourth-order valence-corrected chi connectivity index (χ4v) is 4.70. The van der Waals surface area contributed by atoms with Crippen LogP contribution in [0.1, 0.15) is 36.1 Å². The van der Waals surface area contributed by atoms with Crippen molar-refractivity contribution in [1.82, 2.24) is 19.8 Å². The van der Waals surface area contributed by atoms with Crippen molar-refractivity contribution in [3.05, 3.63) is 76.3 Å². The van der Waals surface area contributed by atoms with Crippen molar-refractivity contribution < 1.29 is 4.79 Å². The molecule has 2 aromatic carbocycles. The third-order valence-corrected chi connectivity index (χ3v) is 6.91. The number of anilines is 1. The minimum Gasteiger partial charge on any atom is -0.368 e. The number of hydrogen-bond acceptors (Lipinski definition) is 4. The van der Waals surface area contributed by atoms with Gasteiger partial charge in [0.25, 0.3) is 5.91 Å². The monoisotopic (exact) mass is 499 g/mol. The number of carbonyl (C=O) groups is 1. The lowest BCUT2D eigenvalue weighted by Gasteiger charge is -2.36. The molecule has 0 spiro atoms. The number of amides is 1. The number of rotatable bonds is 9. The fourth-order valence-electron chi connectivity index (χ4n) is 4.28. The van der Waals surface area contributed by atoms with E-state index in [0.29, 0.717) is 22.3 Å². The van der Waals surface area contributed by atoms with Crippen molar-refractivity contribution in [2.24, 2.45) is 0 Å². The molecular weight excluding hydrogens is 469 g/mol. The maximum Gasteiger partial charge on any atom is 0.271 e. The van der Waals surface area contributed by atoms with Gasteiger partial charge in [0.1, 0.15) is 11.5 Å². The first kappa shape index (κ1) is 24.6. The predicted octanol–water partition coefficient (Wildman–Crippen LogP) is 5.07. The van der Waals surface area contributed by atoms with Crippen LogP contribution < -0.4 is 10.2 Å². The summed E-state index contributed by atoms with van der Waals surface area (Å²) in [4.78, 5) is 22.0. The number of para-hydroxylation sites is 1. The molecule has 34 heavy (non-hydrogen) atoms. The van der Waals surface area contributed by atoms with Gasteiger partial charge in [0, 0.05) is 51.0 Å². The topological polar surface area (TPSA) is 53.4 Å². The minimum absolute atomic E-state index is 0.118. The first-order valence-electron chi connectivity index (χ1n) is 11.9. The van der Waals surface area contributed by atoms with Crippen LogP contribution in [0.15, 0.2) is 54.7 Å². The second-order valence-corrected chi connectivity index (χ2v) is 9.29. The Hall–Kier alpha value is -2.54. The molecule has 0 bridgehead atoms. The van der Waals surface area contributed by atoms with Crippen LogP contribution in [0.3, 0.4) is 0 Å². The van der Waals surface area contributed by atoms with Crippen LogP contribution in [0.25, 0.3) is 5.69 Å². The van der Waals surface area contributed by atoms with Gasteiger partial charge in [-0.15, -0.1) is 0 Å². The van der Waals surface area contributed by atoms with E-state index in [1.807, 2.05) is 59.3 Å². The van der Waals surface area contributed by atoms with E-state index >= 15 is 0 Å². The molecule has 1 aromatic heterocycles. The third-order valence-electron chi connectivity index (χ3n) is 6.10. The van der Waals surface area contributed by atoms with Crippen LogP contribution in [0.2, 0.25) is 10.0 Å². The molecular formula is C26H31Cl2N5O. The fraction of sp³-hybridized carbons (Fsp3) is 0.385. The lowest BCUT2D eigenvalue weighted by molar-refractivity contribution is 0.0947. The SMILES string of the molecule is CCCc1nc(C(=O)NCCCN2CCN(c3cccc(Cl)c3Cl)CC2)cn1-c1ccccc1. The van der Waals surface area contributed by atoms with Gasteiger partial charge in [-0.05, 0) is 43.7 Å². The van der Waals surface area contributed by atoms with E-state index in [2.05, 4.69) is 27.0 Å². The summed E-state index contributed by atoms with van der Waals surface area (Å²) < 4.78 is 2.02. The molecule has 6 nitrogen and oxygen atoms in total. The van der Waals surface area contributed by atoms with E-state index in [1.165, 1.54) is 0 Å². The Morgan fingerprint density at radius 1 is 1.03 bits per heavy atom. The number of nitrogens with one attached hydrogen (secondary N) is 1. The Morgan fingerprint density at radius 3 is 2.53 bits per heavy atom. The summed E-state index contributed by atoms with van der Waals surface area (Å²) in [7, 11) is 0. The van der Waals surface area contributed by atoms with Crippen molar-refractivity contribution in [3.63, 3.8) is 0 Å². The van der Waals surface area contributed by atoms with Crippen molar-refractivity contribution in [2.45, 2.75) is 26.2 Å². The molecule has 0 radical (unpaired) electrons. The van der Waals surface area contributed by atoms with Gasteiger partial charge in [0.2, 0.25) is 0 Å². The van der Waals surface area contributed by atoms with Crippen LogP contribution in [0.5, 0.6) is 0 Å². The normalized spacial score (nSPS) is 14.4. The Labute approximate surface area is 211 Å². The minimum atomic E-state index is -0.118. The second kappa shape index (κ2) is 11.7. The van der Waals surface area contributed by atoms with E-state index in [1.54, 1.807) is 0 Å².